The van der Waals surface area contributed by atoms with Gasteiger partial charge in [-0.25, -0.2) is 0 Å². The minimum Gasteiger partial charge on any atom is -0.484 e. The lowest BCUT2D eigenvalue weighted by Crippen LogP contribution is -2.46. The second-order valence-electron chi connectivity index (χ2n) is 5.75. The molecule has 2 atom stereocenters. The van der Waals surface area contributed by atoms with E-state index >= 15 is 0 Å². The monoisotopic (exact) mass is 306 g/mol. The van der Waals surface area contributed by atoms with Crippen molar-refractivity contribution in [3.8, 4) is 5.75 Å². The molecule has 2 N–H and O–H groups in total. The molecule has 1 aliphatic heterocycles. The Kier molecular flexibility index (Phi) is 5.17. The van der Waals surface area contributed by atoms with Gasteiger partial charge in [0.1, 0.15) is 10.7 Å². The number of thiocarbonyl (C=S) groups is 1. The lowest BCUT2D eigenvalue weighted by atomic mass is 9.95. The fourth-order valence-electron chi connectivity index (χ4n) is 2.58. The molecule has 114 valence electrons. The van der Waals surface area contributed by atoms with Crippen LogP contribution in [0.3, 0.4) is 0 Å². The van der Waals surface area contributed by atoms with Crippen molar-refractivity contribution in [3.63, 3.8) is 0 Å². The van der Waals surface area contributed by atoms with E-state index in [1.807, 2.05) is 4.90 Å². The van der Waals surface area contributed by atoms with Crippen LogP contribution in [0.4, 0.5) is 0 Å². The van der Waals surface area contributed by atoms with Crippen molar-refractivity contribution in [2.75, 3.05) is 13.2 Å². The summed E-state index contributed by atoms with van der Waals surface area (Å²) in [5.41, 5.74) is 6.34. The van der Waals surface area contributed by atoms with Gasteiger partial charge in [0.25, 0.3) is 5.91 Å². The molecule has 0 radical (unpaired) electrons. The van der Waals surface area contributed by atoms with E-state index in [0.717, 1.165) is 18.5 Å². The van der Waals surface area contributed by atoms with Crippen LogP contribution in [-0.2, 0) is 4.79 Å². The number of hydrogen-bond donors (Lipinski definition) is 1. The number of carbonyl (C=O) groups is 1. The van der Waals surface area contributed by atoms with Crippen LogP contribution in [0.1, 0.15) is 32.3 Å². The standard InChI is InChI=1S/C16H22N2O2S/c1-11-3-4-12(2)18(9-11)15(19)10-20-14-7-5-13(6-8-14)16(17)21/h5-8,11-12H,3-4,9-10H2,1-2H3,(H2,17,21). The van der Waals surface area contributed by atoms with Gasteiger partial charge in [0.2, 0.25) is 0 Å². The van der Waals surface area contributed by atoms with Gasteiger partial charge in [0, 0.05) is 18.2 Å². The van der Waals surface area contributed by atoms with Gasteiger partial charge in [-0.15, -0.1) is 0 Å². The van der Waals surface area contributed by atoms with Gasteiger partial charge in [-0.2, -0.15) is 0 Å². The number of ether oxygens (including phenoxy) is 1. The summed E-state index contributed by atoms with van der Waals surface area (Å²) < 4.78 is 5.56. The Morgan fingerprint density at radius 3 is 2.62 bits per heavy atom. The molecule has 0 saturated carbocycles. The molecule has 1 fully saturated rings. The molecule has 1 aromatic rings. The number of rotatable bonds is 4. The first kappa shape index (κ1) is 15.8. The minimum absolute atomic E-state index is 0.0486. The van der Waals surface area contributed by atoms with Gasteiger partial charge >= 0.3 is 0 Å². The topological polar surface area (TPSA) is 55.6 Å². The summed E-state index contributed by atoms with van der Waals surface area (Å²) in [4.78, 5) is 14.5. The third-order valence-electron chi connectivity index (χ3n) is 3.94. The highest BCUT2D eigenvalue weighted by Crippen LogP contribution is 2.21. The van der Waals surface area contributed by atoms with Crippen molar-refractivity contribution in [2.45, 2.75) is 32.7 Å². The molecule has 0 aliphatic carbocycles. The molecule has 5 heteroatoms. The smallest absolute Gasteiger partial charge is 0.260 e. The SMILES string of the molecule is CC1CCC(C)N(C(=O)COc2ccc(C(N)=S)cc2)C1. The summed E-state index contributed by atoms with van der Waals surface area (Å²) in [5, 5.41) is 0. The number of piperidine rings is 1. The average Bonchev–Trinajstić information content (AvgIpc) is 2.47. The van der Waals surface area contributed by atoms with Crippen LogP contribution in [0.25, 0.3) is 0 Å². The van der Waals surface area contributed by atoms with Crippen LogP contribution in [0.2, 0.25) is 0 Å². The second kappa shape index (κ2) is 6.89. The van der Waals surface area contributed by atoms with Crippen molar-refractivity contribution in [1.82, 2.24) is 4.90 Å². The van der Waals surface area contributed by atoms with Crippen molar-refractivity contribution in [1.29, 1.82) is 0 Å². The number of nitrogens with zero attached hydrogens (tertiary/aromatic N) is 1. The summed E-state index contributed by atoms with van der Waals surface area (Å²) in [7, 11) is 0. The van der Waals surface area contributed by atoms with Gasteiger partial charge < -0.3 is 15.4 Å². The average molecular weight is 306 g/mol. The maximum absolute atomic E-state index is 12.3. The Morgan fingerprint density at radius 1 is 1.33 bits per heavy atom. The Balaban J connectivity index is 1.89. The number of carbonyl (C=O) groups excluding carboxylic acids is 1. The van der Waals surface area contributed by atoms with Crippen LogP contribution >= 0.6 is 12.2 Å². The Hall–Kier alpha value is -1.62. The number of likely N-dealkylation sites (tertiary alicyclic amines) is 1. The molecule has 21 heavy (non-hydrogen) atoms. The zero-order valence-electron chi connectivity index (χ0n) is 12.5. The van der Waals surface area contributed by atoms with E-state index < -0.39 is 0 Å². The van der Waals surface area contributed by atoms with Crippen LogP contribution in [-0.4, -0.2) is 35.0 Å². The van der Waals surface area contributed by atoms with E-state index in [9.17, 15) is 4.79 Å². The highest BCUT2D eigenvalue weighted by atomic mass is 32.1. The third kappa shape index (κ3) is 4.17. The van der Waals surface area contributed by atoms with E-state index in [2.05, 4.69) is 13.8 Å². The van der Waals surface area contributed by atoms with Crippen LogP contribution in [0.15, 0.2) is 24.3 Å². The Bertz CT molecular complexity index is 516. The van der Waals surface area contributed by atoms with E-state index in [4.69, 9.17) is 22.7 Å². The van der Waals surface area contributed by atoms with Crippen molar-refractivity contribution >= 4 is 23.1 Å². The highest BCUT2D eigenvalue weighted by Gasteiger charge is 2.26. The summed E-state index contributed by atoms with van der Waals surface area (Å²) in [6.07, 6.45) is 2.25. The van der Waals surface area contributed by atoms with E-state index in [-0.39, 0.29) is 12.5 Å². The minimum atomic E-state index is 0.0486. The highest BCUT2D eigenvalue weighted by molar-refractivity contribution is 7.80. The molecule has 0 bridgehead atoms. The number of nitrogens with two attached hydrogens (primary N) is 1. The van der Waals surface area contributed by atoms with Gasteiger partial charge in [-0.1, -0.05) is 19.1 Å². The second-order valence-corrected chi connectivity index (χ2v) is 6.19. The van der Waals surface area contributed by atoms with Crippen LogP contribution < -0.4 is 10.5 Å². The van der Waals surface area contributed by atoms with Crippen molar-refractivity contribution in [2.24, 2.45) is 11.7 Å². The molecule has 1 saturated heterocycles. The quantitative estimate of drug-likeness (QED) is 0.868. The van der Waals surface area contributed by atoms with Gasteiger partial charge in [0.15, 0.2) is 6.61 Å². The lowest BCUT2D eigenvalue weighted by molar-refractivity contribution is -0.137. The predicted molar refractivity (Wildman–Crippen MR) is 87.4 cm³/mol. The Labute approximate surface area is 131 Å². The molecule has 1 amide bonds. The first-order valence-corrected chi connectivity index (χ1v) is 7.70. The van der Waals surface area contributed by atoms with E-state index in [1.165, 1.54) is 6.42 Å². The lowest BCUT2D eigenvalue weighted by Gasteiger charge is -2.36. The summed E-state index contributed by atoms with van der Waals surface area (Å²) >= 11 is 4.90. The molecular weight excluding hydrogens is 284 g/mol. The molecule has 2 unspecified atom stereocenters. The summed E-state index contributed by atoms with van der Waals surface area (Å²) in [5.74, 6) is 1.27. The maximum Gasteiger partial charge on any atom is 0.260 e. The zero-order chi connectivity index (χ0) is 15.4. The van der Waals surface area contributed by atoms with Crippen molar-refractivity contribution in [3.05, 3.63) is 29.8 Å². The van der Waals surface area contributed by atoms with Crippen LogP contribution in [0.5, 0.6) is 5.75 Å². The zero-order valence-corrected chi connectivity index (χ0v) is 13.4. The Morgan fingerprint density at radius 2 is 2.00 bits per heavy atom. The number of benzene rings is 1. The van der Waals surface area contributed by atoms with Gasteiger partial charge in [-0.3, -0.25) is 4.79 Å². The van der Waals surface area contributed by atoms with Gasteiger partial charge in [-0.05, 0) is 49.9 Å². The molecule has 4 nitrogen and oxygen atoms in total. The van der Waals surface area contributed by atoms with Crippen molar-refractivity contribution < 1.29 is 9.53 Å². The molecule has 1 aliphatic rings. The van der Waals surface area contributed by atoms with E-state index in [1.54, 1.807) is 24.3 Å². The maximum atomic E-state index is 12.3. The molecule has 1 aromatic carbocycles. The molecule has 1 heterocycles. The molecule has 0 spiro atoms. The predicted octanol–water partition coefficient (Wildman–Crippen LogP) is 2.35. The molecular formula is C16H22N2O2S. The number of amides is 1. The fourth-order valence-corrected chi connectivity index (χ4v) is 2.72. The first-order valence-electron chi connectivity index (χ1n) is 7.29. The largest absolute Gasteiger partial charge is 0.484 e. The molecule has 2 rings (SSSR count). The molecule has 0 aromatic heterocycles. The normalized spacial score (nSPS) is 21.9. The summed E-state index contributed by atoms with van der Waals surface area (Å²) in [6, 6.07) is 7.46. The summed E-state index contributed by atoms with van der Waals surface area (Å²) in [6.45, 7) is 5.18. The van der Waals surface area contributed by atoms with Crippen LogP contribution in [0, 0.1) is 5.92 Å². The first-order chi connectivity index (χ1) is 9.97. The third-order valence-corrected chi connectivity index (χ3v) is 4.17. The fraction of sp³-hybridized carbons (Fsp3) is 0.500. The number of hydrogen-bond acceptors (Lipinski definition) is 3. The van der Waals surface area contributed by atoms with E-state index in [0.29, 0.717) is 22.7 Å². The van der Waals surface area contributed by atoms with Gasteiger partial charge in [0.05, 0.1) is 0 Å².